The average Bonchev–Trinajstić information content (AvgIpc) is 3.35. The minimum absolute atomic E-state index is 0.101. The molecule has 0 spiro atoms. The summed E-state index contributed by atoms with van der Waals surface area (Å²) < 4.78 is 17.6. The summed E-state index contributed by atoms with van der Waals surface area (Å²) in [4.78, 5) is 36.7. The van der Waals surface area contributed by atoms with Crippen molar-refractivity contribution in [3.05, 3.63) is 133 Å². The maximum atomic E-state index is 12.9. The molecular weight excluding hydrogens is 861 g/mol. The van der Waals surface area contributed by atoms with E-state index >= 15 is 0 Å². The van der Waals surface area contributed by atoms with E-state index in [1.807, 2.05) is 48.5 Å². The molecule has 4 rings (SSSR count). The summed E-state index contributed by atoms with van der Waals surface area (Å²) >= 11 is 0. The predicted octanol–water partition coefficient (Wildman–Crippen LogP) is 12.2. The van der Waals surface area contributed by atoms with Crippen molar-refractivity contribution in [2.75, 3.05) is 33.5 Å². The highest BCUT2D eigenvalue weighted by molar-refractivity contribution is 6.99. The van der Waals surface area contributed by atoms with Gasteiger partial charge in [-0.3, -0.25) is 4.79 Å². The molecular formula is C59H88O6Si2. The molecule has 0 fully saturated rings. The molecule has 1 unspecified atom stereocenters. The summed E-state index contributed by atoms with van der Waals surface area (Å²) in [6, 6.07) is 41.4. The Labute approximate surface area is 409 Å². The van der Waals surface area contributed by atoms with Crippen LogP contribution >= 0.6 is 0 Å². The Balaban J connectivity index is 1.20. The van der Waals surface area contributed by atoms with Crippen molar-refractivity contribution < 1.29 is 28.6 Å². The lowest BCUT2D eigenvalue weighted by atomic mass is 9.97. The number of hydrogen-bond donors (Lipinski definition) is 2. The second-order valence-electron chi connectivity index (χ2n) is 20.3. The van der Waals surface area contributed by atoms with Gasteiger partial charge < -0.3 is 23.8 Å². The molecule has 8 heteroatoms. The van der Waals surface area contributed by atoms with Crippen LogP contribution in [0.3, 0.4) is 0 Å². The van der Waals surface area contributed by atoms with Gasteiger partial charge in [-0.05, 0) is 88.6 Å². The molecule has 0 aliphatic rings. The van der Waals surface area contributed by atoms with E-state index in [1.54, 1.807) is 0 Å². The zero-order valence-electron chi connectivity index (χ0n) is 42.3. The summed E-state index contributed by atoms with van der Waals surface area (Å²) in [5, 5.41) is 3.66. The summed E-state index contributed by atoms with van der Waals surface area (Å²) in [6.07, 6.45) is 26.5. The van der Waals surface area contributed by atoms with Crippen LogP contribution in [0.1, 0.15) is 156 Å². The van der Waals surface area contributed by atoms with Crippen LogP contribution in [-0.4, -0.2) is 65.7 Å². The fourth-order valence-corrected chi connectivity index (χ4v) is 17.6. The highest BCUT2D eigenvalue weighted by Crippen LogP contribution is 2.42. The van der Waals surface area contributed by atoms with E-state index in [0.717, 1.165) is 111 Å². The normalized spacial score (nSPS) is 13.0. The zero-order chi connectivity index (χ0) is 48.1. The van der Waals surface area contributed by atoms with E-state index in [4.69, 9.17) is 14.2 Å². The molecule has 67 heavy (non-hydrogen) atoms. The first-order chi connectivity index (χ1) is 32.5. The van der Waals surface area contributed by atoms with Crippen molar-refractivity contribution in [3.63, 3.8) is 0 Å². The first-order valence-electron chi connectivity index (χ1n) is 26.0. The van der Waals surface area contributed by atoms with E-state index in [9.17, 15) is 14.4 Å². The number of allylic oxidation sites excluding steroid dienone is 2. The average molecular weight is 950 g/mol. The van der Waals surface area contributed by atoms with Gasteiger partial charge in [-0.15, -0.1) is 0 Å². The number of esters is 1. The van der Waals surface area contributed by atoms with Gasteiger partial charge in [-0.1, -0.05) is 225 Å². The lowest BCUT2D eigenvalue weighted by Gasteiger charge is -2.43. The second-order valence-corrected chi connectivity index (χ2v) is 28.2. The molecule has 0 amide bonds. The Bertz CT molecular complexity index is 1820. The Hall–Kier alpha value is -3.64. The molecule has 0 aromatic heterocycles. The number of ether oxygens (including phenoxy) is 3. The number of methoxy groups -OCH3 is 1. The van der Waals surface area contributed by atoms with Crippen LogP contribution in [0.2, 0.25) is 10.1 Å². The molecule has 368 valence electrons. The Kier molecular flexibility index (Phi) is 25.7. The molecule has 0 heterocycles. The Morgan fingerprint density at radius 1 is 0.493 bits per heavy atom. The third-order valence-corrected chi connectivity index (χ3v) is 23.2. The maximum Gasteiger partial charge on any atom is 0.305 e. The van der Waals surface area contributed by atoms with Crippen molar-refractivity contribution >= 4 is 43.4 Å². The van der Waals surface area contributed by atoms with E-state index in [-0.39, 0.29) is 22.0 Å². The summed E-state index contributed by atoms with van der Waals surface area (Å²) in [7, 11) is -4.69. The first-order valence-corrected chi connectivity index (χ1v) is 29.9. The van der Waals surface area contributed by atoms with Crippen LogP contribution in [0.25, 0.3) is 0 Å². The molecule has 4 aromatic rings. The van der Waals surface area contributed by atoms with Gasteiger partial charge in [0.2, 0.25) is 0 Å². The third-order valence-electron chi connectivity index (χ3n) is 14.1. The van der Waals surface area contributed by atoms with Crippen molar-refractivity contribution in [1.29, 1.82) is 0 Å². The molecule has 2 N–H and O–H groups in total. The third kappa shape index (κ3) is 18.3. The lowest BCUT2D eigenvalue weighted by Crippen LogP contribution is -2.65. The van der Waals surface area contributed by atoms with Gasteiger partial charge in [-0.2, -0.15) is 0 Å². The van der Waals surface area contributed by atoms with Gasteiger partial charge in [0.25, 0.3) is 16.6 Å². The van der Waals surface area contributed by atoms with Gasteiger partial charge in [-0.25, -0.2) is 0 Å². The van der Waals surface area contributed by atoms with Crippen molar-refractivity contribution in [2.24, 2.45) is 5.92 Å². The summed E-state index contributed by atoms with van der Waals surface area (Å²) in [5.41, 5.74) is 0. The minimum Gasteiger partial charge on any atom is -0.469 e. The molecule has 0 radical (unpaired) electrons. The minimum atomic E-state index is -3.17. The van der Waals surface area contributed by atoms with Crippen molar-refractivity contribution in [2.45, 2.75) is 166 Å². The number of carbonyl (C=O) groups excluding carboxylic acids is 1. The van der Waals surface area contributed by atoms with Crippen LogP contribution in [0.4, 0.5) is 0 Å². The monoisotopic (exact) mass is 949 g/mol. The van der Waals surface area contributed by atoms with Gasteiger partial charge in [0, 0.05) is 25.6 Å². The first kappa shape index (κ1) is 56.0. The standard InChI is InChI=1S/C59H88O6Si2/c1-58(2,66(61,53-37-25-21-26-38-53)54-39-27-22-28-40-54)46-34-18-16-20-36-48-65-51-52(49-59(3,4)67(62,55-41-29-23-30-42-55)56-43-31-24-32-44-56)50-64-47-35-19-15-13-11-9-7-6-8-10-12-14-17-33-45-57(60)63-5/h6,8,21-32,37-44,52,61-62H,7,9-20,33-36,45-51H2,1-5H3/b8-6-. The van der Waals surface area contributed by atoms with Gasteiger partial charge in [0.1, 0.15) is 0 Å². The molecule has 0 bridgehead atoms. The number of carbonyl (C=O) groups is 1. The Morgan fingerprint density at radius 3 is 1.24 bits per heavy atom. The van der Waals surface area contributed by atoms with Crippen LogP contribution in [0, 0.1) is 5.92 Å². The lowest BCUT2D eigenvalue weighted by molar-refractivity contribution is -0.140. The fourth-order valence-electron chi connectivity index (χ4n) is 10.0. The van der Waals surface area contributed by atoms with E-state index < -0.39 is 16.6 Å². The number of rotatable bonds is 36. The largest absolute Gasteiger partial charge is 0.469 e. The van der Waals surface area contributed by atoms with E-state index in [1.165, 1.54) is 52.1 Å². The topological polar surface area (TPSA) is 85.2 Å². The van der Waals surface area contributed by atoms with Crippen molar-refractivity contribution in [3.8, 4) is 0 Å². The summed E-state index contributed by atoms with van der Waals surface area (Å²) in [6.45, 7) is 11.8. The van der Waals surface area contributed by atoms with Crippen LogP contribution in [0.15, 0.2) is 133 Å². The molecule has 0 saturated heterocycles. The van der Waals surface area contributed by atoms with Crippen LogP contribution < -0.4 is 20.7 Å². The molecule has 0 aliphatic heterocycles. The molecule has 1 atom stereocenters. The highest BCUT2D eigenvalue weighted by atomic mass is 28.4. The molecule has 4 aromatic carbocycles. The predicted molar refractivity (Wildman–Crippen MR) is 287 cm³/mol. The van der Waals surface area contributed by atoms with E-state index in [2.05, 4.69) is 113 Å². The number of hydrogen-bond acceptors (Lipinski definition) is 6. The quantitative estimate of drug-likeness (QED) is 0.0204. The van der Waals surface area contributed by atoms with Gasteiger partial charge in [0.15, 0.2) is 0 Å². The van der Waals surface area contributed by atoms with Crippen molar-refractivity contribution in [1.82, 2.24) is 0 Å². The molecule has 0 aliphatic carbocycles. The van der Waals surface area contributed by atoms with Gasteiger partial charge >= 0.3 is 5.97 Å². The van der Waals surface area contributed by atoms with Gasteiger partial charge in [0.05, 0.1) is 20.3 Å². The second kappa shape index (κ2) is 30.8. The molecule has 6 nitrogen and oxygen atoms in total. The molecule has 0 saturated carbocycles. The van der Waals surface area contributed by atoms with Crippen LogP contribution in [0.5, 0.6) is 0 Å². The maximum absolute atomic E-state index is 12.9. The van der Waals surface area contributed by atoms with Crippen LogP contribution in [-0.2, 0) is 19.0 Å². The Morgan fingerprint density at radius 2 is 0.836 bits per heavy atom. The zero-order valence-corrected chi connectivity index (χ0v) is 44.3. The SMILES string of the molecule is COC(=O)CCCCCC/C=C\CCCCCCCCOCC(COCCCCCCCC(C)(C)[Si](O)(c1ccccc1)c1ccccc1)CC(C)(C)[Si](O)(c1ccccc1)c1ccccc1. The number of benzene rings is 4. The fraction of sp³-hybridized carbons (Fsp3) is 0.542. The summed E-state index contributed by atoms with van der Waals surface area (Å²) in [5.74, 6) is 0.0659. The number of unbranched alkanes of at least 4 members (excludes halogenated alkanes) is 14. The van der Waals surface area contributed by atoms with E-state index in [0.29, 0.717) is 19.6 Å². The smallest absolute Gasteiger partial charge is 0.305 e. The highest BCUT2D eigenvalue weighted by Gasteiger charge is 2.51.